The van der Waals surface area contributed by atoms with Gasteiger partial charge in [-0.1, -0.05) is 0 Å². The molecule has 160 valence electrons. The molecular formula is C20H24F2N6O2. The van der Waals surface area contributed by atoms with E-state index in [1.807, 2.05) is 4.90 Å². The molecule has 2 aromatic heterocycles. The van der Waals surface area contributed by atoms with Crippen molar-refractivity contribution >= 4 is 5.91 Å². The number of ether oxygens (including phenoxy) is 1. The van der Waals surface area contributed by atoms with Crippen LogP contribution < -0.4 is 5.32 Å². The van der Waals surface area contributed by atoms with Crippen LogP contribution in [0.4, 0.5) is 8.78 Å². The number of aromatic nitrogens is 4. The molecule has 0 spiro atoms. The molecule has 1 saturated heterocycles. The highest BCUT2D eigenvalue weighted by atomic mass is 19.3. The van der Waals surface area contributed by atoms with Crippen molar-refractivity contribution < 1.29 is 18.3 Å². The second kappa shape index (κ2) is 7.66. The van der Waals surface area contributed by atoms with Gasteiger partial charge in [-0.3, -0.25) is 14.3 Å². The van der Waals surface area contributed by atoms with Crippen molar-refractivity contribution in [1.82, 2.24) is 29.7 Å². The normalized spacial score (nSPS) is 25.9. The maximum absolute atomic E-state index is 13.5. The van der Waals surface area contributed by atoms with E-state index in [2.05, 4.69) is 20.3 Å². The molecule has 30 heavy (non-hydrogen) atoms. The Morgan fingerprint density at radius 2 is 2.03 bits per heavy atom. The lowest BCUT2D eigenvalue weighted by molar-refractivity contribution is 0.00504. The molecule has 10 heteroatoms. The van der Waals surface area contributed by atoms with Gasteiger partial charge in [-0.2, -0.15) is 0 Å². The summed E-state index contributed by atoms with van der Waals surface area (Å²) in [6.45, 7) is 0.987. The van der Waals surface area contributed by atoms with Crippen LogP contribution in [-0.4, -0.2) is 61.4 Å². The Hall–Kier alpha value is -2.46. The number of likely N-dealkylation sites (tertiary alicyclic amines) is 1. The van der Waals surface area contributed by atoms with Gasteiger partial charge in [0.2, 0.25) is 5.95 Å². The van der Waals surface area contributed by atoms with E-state index in [1.165, 1.54) is 0 Å². The zero-order valence-electron chi connectivity index (χ0n) is 16.6. The summed E-state index contributed by atoms with van der Waals surface area (Å²) >= 11 is 0. The smallest absolute Gasteiger partial charge is 0.270 e. The summed E-state index contributed by atoms with van der Waals surface area (Å²) in [6.07, 6.45) is 8.06. The van der Waals surface area contributed by atoms with Crippen molar-refractivity contribution in [3.05, 3.63) is 35.7 Å². The maximum Gasteiger partial charge on any atom is 0.270 e. The van der Waals surface area contributed by atoms with Gasteiger partial charge in [0.05, 0.1) is 25.5 Å². The fraction of sp³-hybridized carbons (Fsp3) is 0.600. The fourth-order valence-corrected chi connectivity index (χ4v) is 4.63. The minimum Gasteiger partial charge on any atom is -0.370 e. The fourth-order valence-electron chi connectivity index (χ4n) is 4.63. The van der Waals surface area contributed by atoms with Crippen molar-refractivity contribution in [2.24, 2.45) is 0 Å². The summed E-state index contributed by atoms with van der Waals surface area (Å²) < 4.78 is 34.1. The molecule has 1 saturated carbocycles. The first kappa shape index (κ1) is 19.5. The molecule has 1 amide bonds. The van der Waals surface area contributed by atoms with Gasteiger partial charge in [-0.25, -0.2) is 23.7 Å². The second-order valence-corrected chi connectivity index (χ2v) is 8.32. The largest absolute Gasteiger partial charge is 0.370 e. The van der Waals surface area contributed by atoms with Crippen LogP contribution >= 0.6 is 0 Å². The van der Waals surface area contributed by atoms with Gasteiger partial charge in [-0.05, 0) is 25.7 Å². The van der Waals surface area contributed by atoms with Crippen molar-refractivity contribution in [2.75, 3.05) is 13.1 Å². The molecular weight excluding hydrogens is 394 g/mol. The number of carbonyl (C=O) groups excluding carboxylic acids is 1. The molecule has 1 N–H and O–H groups in total. The lowest BCUT2D eigenvalue weighted by atomic mass is 9.90. The average Bonchev–Trinajstić information content (AvgIpc) is 3.48. The van der Waals surface area contributed by atoms with Crippen LogP contribution in [0, 0.1) is 0 Å². The van der Waals surface area contributed by atoms with E-state index in [0.717, 1.165) is 36.9 Å². The first-order valence-electron chi connectivity index (χ1n) is 10.4. The number of carbonyl (C=O) groups is 1. The molecule has 4 heterocycles. The summed E-state index contributed by atoms with van der Waals surface area (Å²) in [5, 5.41) is 3.09. The summed E-state index contributed by atoms with van der Waals surface area (Å²) in [4.78, 5) is 27.9. The Morgan fingerprint density at radius 1 is 1.20 bits per heavy atom. The predicted molar refractivity (Wildman–Crippen MR) is 102 cm³/mol. The first-order chi connectivity index (χ1) is 14.5. The number of nitrogens with zero attached hydrogens (tertiary/aromatic N) is 5. The number of hydrogen-bond donors (Lipinski definition) is 1. The van der Waals surface area contributed by atoms with Gasteiger partial charge in [0.15, 0.2) is 0 Å². The summed E-state index contributed by atoms with van der Waals surface area (Å²) in [5.74, 6) is -2.41. The Morgan fingerprint density at radius 3 is 2.73 bits per heavy atom. The van der Waals surface area contributed by atoms with Crippen LogP contribution in [0.25, 0.3) is 5.95 Å². The SMILES string of the molecule is O=C(NC1CCC(N2CCC(F)(F)C2)CC1)c1nc(-n2ccnc2)nc2c1COC2. The highest BCUT2D eigenvalue weighted by Crippen LogP contribution is 2.33. The van der Waals surface area contributed by atoms with Gasteiger partial charge in [-0.15, -0.1) is 0 Å². The monoisotopic (exact) mass is 418 g/mol. The molecule has 2 fully saturated rings. The highest BCUT2D eigenvalue weighted by Gasteiger charge is 2.41. The molecule has 2 aliphatic heterocycles. The summed E-state index contributed by atoms with van der Waals surface area (Å²) in [6, 6.07) is 0.192. The number of fused-ring (bicyclic) bond motifs is 1. The van der Waals surface area contributed by atoms with Crippen molar-refractivity contribution in [2.45, 2.75) is 63.3 Å². The molecule has 2 aromatic rings. The standard InChI is InChI=1S/C20H24F2N6O2/c21-20(22)5-7-27(11-20)14-3-1-13(2-4-14)24-18(29)17-15-9-30-10-16(15)25-19(26-17)28-8-6-23-12-28/h6,8,12-14H,1-5,7,9-11H2,(H,24,29). The van der Waals surface area contributed by atoms with Gasteiger partial charge >= 0.3 is 0 Å². The van der Waals surface area contributed by atoms with Crippen molar-refractivity contribution in [3.8, 4) is 5.95 Å². The molecule has 0 aromatic carbocycles. The predicted octanol–water partition coefficient (Wildman–Crippen LogP) is 2.07. The van der Waals surface area contributed by atoms with Crippen LogP contribution in [0.5, 0.6) is 0 Å². The number of alkyl halides is 2. The van der Waals surface area contributed by atoms with E-state index in [0.29, 0.717) is 31.4 Å². The quantitative estimate of drug-likeness (QED) is 0.818. The molecule has 8 nitrogen and oxygen atoms in total. The van der Waals surface area contributed by atoms with E-state index < -0.39 is 5.92 Å². The van der Waals surface area contributed by atoms with E-state index in [4.69, 9.17) is 4.74 Å². The van der Waals surface area contributed by atoms with Gasteiger partial charge < -0.3 is 10.1 Å². The molecule has 5 rings (SSSR count). The van der Waals surface area contributed by atoms with Gasteiger partial charge in [0.1, 0.15) is 12.0 Å². The van der Waals surface area contributed by atoms with Crippen molar-refractivity contribution in [3.63, 3.8) is 0 Å². The maximum atomic E-state index is 13.5. The molecule has 3 aliphatic rings. The Kier molecular flexibility index (Phi) is 4.98. The second-order valence-electron chi connectivity index (χ2n) is 8.32. The van der Waals surface area contributed by atoms with E-state index in [1.54, 1.807) is 23.3 Å². The lowest BCUT2D eigenvalue weighted by Crippen LogP contribution is -2.44. The van der Waals surface area contributed by atoms with Crippen LogP contribution in [0.1, 0.15) is 53.8 Å². The van der Waals surface area contributed by atoms with E-state index in [9.17, 15) is 13.6 Å². The number of imidazole rings is 1. The number of hydrogen-bond acceptors (Lipinski definition) is 6. The van der Waals surface area contributed by atoms with Crippen LogP contribution in [-0.2, 0) is 18.0 Å². The number of halogens is 2. The number of nitrogens with one attached hydrogen (secondary N) is 1. The third kappa shape index (κ3) is 3.81. The number of amides is 1. The van der Waals surface area contributed by atoms with Crippen molar-refractivity contribution in [1.29, 1.82) is 0 Å². The molecule has 0 bridgehead atoms. The lowest BCUT2D eigenvalue weighted by Gasteiger charge is -2.34. The van der Waals surface area contributed by atoms with Crippen LogP contribution in [0.3, 0.4) is 0 Å². The Bertz CT molecular complexity index is 928. The van der Waals surface area contributed by atoms with Gasteiger partial charge in [0, 0.05) is 43.0 Å². The Balaban J connectivity index is 1.25. The topological polar surface area (TPSA) is 85.2 Å². The highest BCUT2D eigenvalue weighted by molar-refractivity contribution is 5.94. The minimum atomic E-state index is -2.56. The zero-order chi connectivity index (χ0) is 20.7. The summed E-state index contributed by atoms with van der Waals surface area (Å²) in [5.41, 5.74) is 1.78. The first-order valence-corrected chi connectivity index (χ1v) is 10.4. The molecule has 0 atom stereocenters. The third-order valence-corrected chi connectivity index (χ3v) is 6.26. The molecule has 0 radical (unpaired) electrons. The molecule has 1 aliphatic carbocycles. The zero-order valence-corrected chi connectivity index (χ0v) is 16.6. The Labute approximate surface area is 172 Å². The van der Waals surface area contributed by atoms with E-state index in [-0.39, 0.29) is 31.0 Å². The van der Waals surface area contributed by atoms with E-state index >= 15 is 0 Å². The third-order valence-electron chi connectivity index (χ3n) is 6.26. The molecule has 0 unspecified atom stereocenters. The average molecular weight is 418 g/mol. The van der Waals surface area contributed by atoms with Crippen LogP contribution in [0.15, 0.2) is 18.7 Å². The minimum absolute atomic E-state index is 0.0153. The number of rotatable bonds is 4. The van der Waals surface area contributed by atoms with Gasteiger partial charge in [0.25, 0.3) is 11.8 Å². The van der Waals surface area contributed by atoms with Crippen LogP contribution in [0.2, 0.25) is 0 Å². The summed E-state index contributed by atoms with van der Waals surface area (Å²) in [7, 11) is 0.